The van der Waals surface area contributed by atoms with Gasteiger partial charge in [0.2, 0.25) is 0 Å². The second kappa shape index (κ2) is 3.17. The van der Waals surface area contributed by atoms with Gasteiger partial charge in [-0.05, 0) is 12.8 Å². The molecular weight excluding hydrogens is 188 g/mol. The van der Waals surface area contributed by atoms with E-state index in [9.17, 15) is 0 Å². The highest BCUT2D eigenvalue weighted by molar-refractivity contribution is 5.50. The summed E-state index contributed by atoms with van der Waals surface area (Å²) in [5.41, 5.74) is 2.49. The third kappa shape index (κ3) is 1.49. The molecule has 1 saturated carbocycles. The predicted molar refractivity (Wildman–Crippen MR) is 58.9 cm³/mol. The fraction of sp³-hybridized carbons (Fsp3) is 0.636. The molecule has 2 heterocycles. The van der Waals surface area contributed by atoms with E-state index in [-0.39, 0.29) is 0 Å². The van der Waals surface area contributed by atoms with E-state index in [1.54, 1.807) is 0 Å². The lowest BCUT2D eigenvalue weighted by molar-refractivity contribution is 0.755. The number of anilines is 1. The standard InChI is InChI=1S/C11H16N4/c1-15(2)11-8-5-12-6-9(8)13-10(14-11)7-3-4-7/h7,12H,3-6H2,1-2H3. The molecule has 0 aromatic carbocycles. The molecule has 0 radical (unpaired) electrons. The summed E-state index contributed by atoms with van der Waals surface area (Å²) < 4.78 is 0. The second-order valence-corrected chi connectivity index (χ2v) is 4.60. The number of nitrogens with zero attached hydrogens (tertiary/aromatic N) is 3. The lowest BCUT2D eigenvalue weighted by Crippen LogP contribution is -2.15. The van der Waals surface area contributed by atoms with E-state index in [1.807, 2.05) is 0 Å². The Morgan fingerprint density at radius 1 is 1.20 bits per heavy atom. The van der Waals surface area contributed by atoms with Crippen molar-refractivity contribution in [1.29, 1.82) is 0 Å². The molecule has 4 nitrogen and oxygen atoms in total. The summed E-state index contributed by atoms with van der Waals surface area (Å²) in [6, 6.07) is 0. The van der Waals surface area contributed by atoms with Gasteiger partial charge >= 0.3 is 0 Å². The van der Waals surface area contributed by atoms with Crippen molar-refractivity contribution in [3.8, 4) is 0 Å². The molecule has 4 heteroatoms. The van der Waals surface area contributed by atoms with Gasteiger partial charge in [-0.3, -0.25) is 0 Å². The molecule has 80 valence electrons. The van der Waals surface area contributed by atoms with Crippen LogP contribution in [0.15, 0.2) is 0 Å². The van der Waals surface area contributed by atoms with Gasteiger partial charge in [0.15, 0.2) is 0 Å². The van der Waals surface area contributed by atoms with Crippen molar-refractivity contribution in [3.63, 3.8) is 0 Å². The smallest absolute Gasteiger partial charge is 0.136 e. The van der Waals surface area contributed by atoms with Crippen LogP contribution in [0.4, 0.5) is 5.82 Å². The summed E-state index contributed by atoms with van der Waals surface area (Å²) in [4.78, 5) is 11.4. The molecule has 1 aromatic rings. The van der Waals surface area contributed by atoms with Crippen LogP contribution in [0.1, 0.15) is 35.8 Å². The Morgan fingerprint density at radius 2 is 2.00 bits per heavy atom. The van der Waals surface area contributed by atoms with Gasteiger partial charge in [0.25, 0.3) is 0 Å². The first-order valence-corrected chi connectivity index (χ1v) is 5.53. The third-order valence-electron chi connectivity index (χ3n) is 3.05. The Labute approximate surface area is 89.7 Å². The minimum atomic E-state index is 0.634. The molecule has 1 aromatic heterocycles. The topological polar surface area (TPSA) is 41.1 Å². The van der Waals surface area contributed by atoms with Crippen molar-refractivity contribution in [1.82, 2.24) is 15.3 Å². The van der Waals surface area contributed by atoms with Crippen LogP contribution in [0.3, 0.4) is 0 Å². The van der Waals surface area contributed by atoms with Crippen LogP contribution in [0.2, 0.25) is 0 Å². The Hall–Kier alpha value is -1.16. The lowest BCUT2D eigenvalue weighted by atomic mass is 10.2. The van der Waals surface area contributed by atoms with Crippen molar-refractivity contribution in [3.05, 3.63) is 17.1 Å². The molecule has 0 saturated heterocycles. The number of hydrogen-bond acceptors (Lipinski definition) is 4. The molecule has 0 spiro atoms. The van der Waals surface area contributed by atoms with E-state index in [0.717, 1.165) is 24.7 Å². The monoisotopic (exact) mass is 204 g/mol. The summed E-state index contributed by atoms with van der Waals surface area (Å²) >= 11 is 0. The van der Waals surface area contributed by atoms with Gasteiger partial charge in [-0.2, -0.15) is 0 Å². The Kier molecular flexibility index (Phi) is 1.92. The summed E-state index contributed by atoms with van der Waals surface area (Å²) in [6.07, 6.45) is 2.53. The minimum absolute atomic E-state index is 0.634. The number of hydrogen-bond donors (Lipinski definition) is 1. The molecule has 1 fully saturated rings. The van der Waals surface area contributed by atoms with E-state index in [0.29, 0.717) is 5.92 Å². The van der Waals surface area contributed by atoms with Crippen molar-refractivity contribution < 1.29 is 0 Å². The number of aromatic nitrogens is 2. The van der Waals surface area contributed by atoms with E-state index < -0.39 is 0 Å². The first kappa shape index (κ1) is 9.09. The average molecular weight is 204 g/mol. The maximum absolute atomic E-state index is 4.68. The molecule has 0 amide bonds. The third-order valence-corrected chi connectivity index (χ3v) is 3.05. The van der Waals surface area contributed by atoms with Gasteiger partial charge in [0, 0.05) is 38.7 Å². The summed E-state index contributed by atoms with van der Waals surface area (Å²) in [5, 5.41) is 3.34. The zero-order valence-electron chi connectivity index (χ0n) is 9.25. The maximum Gasteiger partial charge on any atom is 0.136 e. The van der Waals surface area contributed by atoms with E-state index in [1.165, 1.54) is 24.1 Å². The molecule has 1 aliphatic carbocycles. The summed E-state index contributed by atoms with van der Waals surface area (Å²) in [6.45, 7) is 1.81. The number of nitrogens with one attached hydrogen (secondary N) is 1. The van der Waals surface area contributed by atoms with Crippen LogP contribution in [0, 0.1) is 0 Å². The van der Waals surface area contributed by atoms with Crippen molar-refractivity contribution in [2.75, 3.05) is 19.0 Å². The Morgan fingerprint density at radius 3 is 2.67 bits per heavy atom. The highest BCUT2D eigenvalue weighted by Crippen LogP contribution is 2.39. The first-order chi connectivity index (χ1) is 7.25. The van der Waals surface area contributed by atoms with Gasteiger partial charge in [-0.25, -0.2) is 9.97 Å². The zero-order chi connectivity index (χ0) is 10.4. The second-order valence-electron chi connectivity index (χ2n) is 4.60. The molecule has 1 N–H and O–H groups in total. The molecule has 15 heavy (non-hydrogen) atoms. The highest BCUT2D eigenvalue weighted by atomic mass is 15.2. The van der Waals surface area contributed by atoms with Crippen LogP contribution < -0.4 is 10.2 Å². The summed E-state index contributed by atoms with van der Waals surface area (Å²) in [7, 11) is 4.11. The molecule has 0 bridgehead atoms. The van der Waals surface area contributed by atoms with Crippen LogP contribution in [-0.4, -0.2) is 24.1 Å². The Balaban J connectivity index is 2.10. The van der Waals surface area contributed by atoms with Gasteiger partial charge in [-0.15, -0.1) is 0 Å². The van der Waals surface area contributed by atoms with Crippen LogP contribution in [0.25, 0.3) is 0 Å². The maximum atomic E-state index is 4.68. The van der Waals surface area contributed by atoms with Gasteiger partial charge in [0.1, 0.15) is 11.6 Å². The molecule has 3 rings (SSSR count). The number of fused-ring (bicyclic) bond motifs is 1. The van der Waals surface area contributed by atoms with Crippen molar-refractivity contribution in [2.24, 2.45) is 0 Å². The molecule has 1 aliphatic heterocycles. The predicted octanol–water partition coefficient (Wildman–Crippen LogP) is 1.02. The Bertz CT molecular complexity index is 396. The van der Waals surface area contributed by atoms with E-state index >= 15 is 0 Å². The first-order valence-electron chi connectivity index (χ1n) is 5.53. The van der Waals surface area contributed by atoms with Gasteiger partial charge in [0.05, 0.1) is 5.69 Å². The average Bonchev–Trinajstić information content (AvgIpc) is 2.95. The fourth-order valence-electron chi connectivity index (χ4n) is 2.06. The van der Waals surface area contributed by atoms with Gasteiger partial charge in [-0.1, -0.05) is 0 Å². The highest BCUT2D eigenvalue weighted by Gasteiger charge is 2.29. The lowest BCUT2D eigenvalue weighted by Gasteiger charge is -2.16. The normalized spacial score (nSPS) is 19.1. The molecular formula is C11H16N4. The minimum Gasteiger partial charge on any atom is -0.362 e. The SMILES string of the molecule is CN(C)c1nc(C2CC2)nc2c1CNC2. The quantitative estimate of drug-likeness (QED) is 0.781. The van der Waals surface area contributed by atoms with Crippen molar-refractivity contribution >= 4 is 5.82 Å². The molecule has 0 unspecified atom stereocenters. The van der Waals surface area contributed by atoms with Crippen molar-refractivity contribution in [2.45, 2.75) is 31.8 Å². The van der Waals surface area contributed by atoms with E-state index in [4.69, 9.17) is 0 Å². The van der Waals surface area contributed by atoms with E-state index in [2.05, 4.69) is 34.3 Å². The molecule has 0 atom stereocenters. The van der Waals surface area contributed by atoms with Crippen LogP contribution in [-0.2, 0) is 13.1 Å². The van der Waals surface area contributed by atoms with Crippen LogP contribution >= 0.6 is 0 Å². The number of rotatable bonds is 2. The fourth-order valence-corrected chi connectivity index (χ4v) is 2.06. The van der Waals surface area contributed by atoms with Crippen LogP contribution in [0.5, 0.6) is 0 Å². The molecule has 2 aliphatic rings. The van der Waals surface area contributed by atoms with Gasteiger partial charge < -0.3 is 10.2 Å². The zero-order valence-corrected chi connectivity index (χ0v) is 9.25. The summed E-state index contributed by atoms with van der Waals surface area (Å²) in [5.74, 6) is 2.79. The largest absolute Gasteiger partial charge is 0.362 e.